The topological polar surface area (TPSA) is 49.7 Å². The molecular weight excluding hydrogens is 197 g/mol. The summed E-state index contributed by atoms with van der Waals surface area (Å²) in [7, 11) is -0.495. The summed E-state index contributed by atoms with van der Waals surface area (Å²) in [5, 5.41) is 17.6. The van der Waals surface area contributed by atoms with Crippen LogP contribution >= 0.6 is 11.6 Å². The number of hydrogen-bond donors (Lipinski definition) is 2. The average molecular weight is 204 g/mol. The maximum Gasteiger partial charge on any atom is 0.490 e. The molecule has 0 atom stereocenters. The number of methoxy groups -OCH3 is 1. The van der Waals surface area contributed by atoms with Gasteiger partial charge in [-0.05, 0) is 6.07 Å². The molecule has 2 N–H and O–H groups in total. The Labute approximate surface area is 79.9 Å². The summed E-state index contributed by atoms with van der Waals surface area (Å²) in [5.74, 6) is -0.561. The molecule has 0 aliphatic rings. The van der Waals surface area contributed by atoms with Gasteiger partial charge in [-0.3, -0.25) is 0 Å². The molecule has 0 fully saturated rings. The van der Waals surface area contributed by atoms with Crippen molar-refractivity contribution >= 4 is 24.2 Å². The zero-order valence-corrected chi connectivity index (χ0v) is 7.55. The molecule has 70 valence electrons. The van der Waals surface area contributed by atoms with E-state index in [0.717, 1.165) is 12.1 Å². The van der Waals surface area contributed by atoms with Gasteiger partial charge in [0.2, 0.25) is 0 Å². The Kier molecular flexibility index (Phi) is 3.14. The largest absolute Gasteiger partial charge is 0.495 e. The van der Waals surface area contributed by atoms with Crippen LogP contribution in [0.1, 0.15) is 0 Å². The lowest BCUT2D eigenvalue weighted by Gasteiger charge is -2.07. The average Bonchev–Trinajstić information content (AvgIpc) is 2.08. The van der Waals surface area contributed by atoms with Crippen molar-refractivity contribution in [1.82, 2.24) is 0 Å². The van der Waals surface area contributed by atoms with E-state index in [9.17, 15) is 4.39 Å². The molecule has 0 unspecified atom stereocenters. The Bertz CT molecular complexity index is 319. The van der Waals surface area contributed by atoms with E-state index in [2.05, 4.69) is 0 Å². The summed E-state index contributed by atoms with van der Waals surface area (Å²) in [6.45, 7) is 0. The van der Waals surface area contributed by atoms with Crippen molar-refractivity contribution < 1.29 is 19.2 Å². The van der Waals surface area contributed by atoms with Gasteiger partial charge >= 0.3 is 7.12 Å². The third-order valence-corrected chi connectivity index (χ3v) is 1.93. The van der Waals surface area contributed by atoms with Gasteiger partial charge in [-0.25, -0.2) is 4.39 Å². The van der Waals surface area contributed by atoms with Gasteiger partial charge in [0.25, 0.3) is 0 Å². The second-order valence-corrected chi connectivity index (χ2v) is 2.76. The van der Waals surface area contributed by atoms with Crippen LogP contribution in [0.2, 0.25) is 5.02 Å². The SMILES string of the molecule is COc1cc(F)cc(B(O)O)c1Cl. The van der Waals surface area contributed by atoms with Gasteiger partial charge in [0.1, 0.15) is 11.6 Å². The highest BCUT2D eigenvalue weighted by Crippen LogP contribution is 2.22. The number of benzene rings is 1. The Morgan fingerprint density at radius 1 is 1.46 bits per heavy atom. The van der Waals surface area contributed by atoms with E-state index in [1.165, 1.54) is 7.11 Å². The highest BCUT2D eigenvalue weighted by Gasteiger charge is 2.19. The van der Waals surface area contributed by atoms with Crippen molar-refractivity contribution in [1.29, 1.82) is 0 Å². The lowest BCUT2D eigenvalue weighted by molar-refractivity contribution is 0.408. The Balaban J connectivity index is 3.27. The predicted molar refractivity (Wildman–Crippen MR) is 47.8 cm³/mol. The van der Waals surface area contributed by atoms with Crippen molar-refractivity contribution in [3.63, 3.8) is 0 Å². The molecule has 0 saturated heterocycles. The lowest BCUT2D eigenvalue weighted by atomic mass is 9.80. The maximum absolute atomic E-state index is 12.8. The summed E-state index contributed by atoms with van der Waals surface area (Å²) >= 11 is 5.66. The first-order valence-corrected chi connectivity index (χ1v) is 3.83. The van der Waals surface area contributed by atoms with Crippen LogP contribution in [-0.4, -0.2) is 24.3 Å². The molecule has 0 spiro atoms. The van der Waals surface area contributed by atoms with Crippen LogP contribution in [0.4, 0.5) is 4.39 Å². The second kappa shape index (κ2) is 3.96. The molecule has 3 nitrogen and oxygen atoms in total. The van der Waals surface area contributed by atoms with Gasteiger partial charge < -0.3 is 14.8 Å². The smallest absolute Gasteiger partial charge is 0.490 e. The van der Waals surface area contributed by atoms with E-state index in [1.807, 2.05) is 0 Å². The number of rotatable bonds is 2. The quantitative estimate of drug-likeness (QED) is 0.675. The van der Waals surface area contributed by atoms with E-state index in [-0.39, 0.29) is 16.2 Å². The monoisotopic (exact) mass is 204 g/mol. The van der Waals surface area contributed by atoms with E-state index >= 15 is 0 Å². The summed E-state index contributed by atoms with van der Waals surface area (Å²) in [4.78, 5) is 0. The van der Waals surface area contributed by atoms with Gasteiger partial charge in [0, 0.05) is 11.5 Å². The van der Waals surface area contributed by atoms with Crippen LogP contribution in [0.25, 0.3) is 0 Å². The zero-order valence-electron chi connectivity index (χ0n) is 6.79. The van der Waals surface area contributed by atoms with Crippen molar-refractivity contribution in [2.75, 3.05) is 7.11 Å². The molecular formula is C7H7BClFO3. The lowest BCUT2D eigenvalue weighted by Crippen LogP contribution is -2.31. The fourth-order valence-electron chi connectivity index (χ4n) is 0.921. The van der Waals surface area contributed by atoms with E-state index in [1.54, 1.807) is 0 Å². The minimum Gasteiger partial charge on any atom is -0.495 e. The fraction of sp³-hybridized carbons (Fsp3) is 0.143. The molecule has 0 aliphatic carbocycles. The predicted octanol–water partition coefficient (Wildman–Crippen LogP) is 0.167. The van der Waals surface area contributed by atoms with Gasteiger partial charge in [-0.2, -0.15) is 0 Å². The van der Waals surface area contributed by atoms with Gasteiger partial charge in [-0.15, -0.1) is 0 Å². The first-order valence-electron chi connectivity index (χ1n) is 3.45. The molecule has 13 heavy (non-hydrogen) atoms. The van der Waals surface area contributed by atoms with Gasteiger partial charge in [0.15, 0.2) is 0 Å². The molecule has 0 aromatic heterocycles. The van der Waals surface area contributed by atoms with Gasteiger partial charge in [0.05, 0.1) is 12.1 Å². The minimum atomic E-state index is -1.81. The summed E-state index contributed by atoms with van der Waals surface area (Å²) in [6, 6.07) is 2.00. The van der Waals surface area contributed by atoms with Crippen LogP contribution < -0.4 is 10.2 Å². The van der Waals surface area contributed by atoms with Crippen molar-refractivity contribution in [2.24, 2.45) is 0 Å². The molecule has 6 heteroatoms. The highest BCUT2D eigenvalue weighted by atomic mass is 35.5. The molecule has 0 bridgehead atoms. The maximum atomic E-state index is 12.8. The van der Waals surface area contributed by atoms with E-state index in [0.29, 0.717) is 0 Å². The highest BCUT2D eigenvalue weighted by molar-refractivity contribution is 6.63. The third-order valence-electron chi connectivity index (χ3n) is 1.53. The summed E-state index contributed by atoms with van der Waals surface area (Å²) in [6.07, 6.45) is 0. The van der Waals surface area contributed by atoms with Crippen LogP contribution in [0.3, 0.4) is 0 Å². The minimum absolute atomic E-state index is 0.00102. The second-order valence-electron chi connectivity index (χ2n) is 2.38. The molecule has 0 heterocycles. The number of hydrogen-bond acceptors (Lipinski definition) is 3. The van der Waals surface area contributed by atoms with Crippen LogP contribution in [0, 0.1) is 5.82 Å². The third kappa shape index (κ3) is 2.12. The van der Waals surface area contributed by atoms with Crippen molar-refractivity contribution in [3.05, 3.63) is 23.0 Å². The molecule has 0 radical (unpaired) electrons. The molecule has 0 saturated carbocycles. The standard InChI is InChI=1S/C7H7BClFO3/c1-13-6-3-4(10)2-5(7(6)9)8(11)12/h2-3,11-12H,1H3. The van der Waals surface area contributed by atoms with Crippen LogP contribution in [0.15, 0.2) is 12.1 Å². The molecule has 1 aromatic rings. The molecule has 0 aliphatic heterocycles. The zero-order chi connectivity index (χ0) is 10.0. The van der Waals surface area contributed by atoms with Crippen molar-refractivity contribution in [3.8, 4) is 5.75 Å². The molecule has 1 rings (SSSR count). The first kappa shape index (κ1) is 10.3. The Hall–Kier alpha value is -0.775. The van der Waals surface area contributed by atoms with Crippen LogP contribution in [0.5, 0.6) is 5.75 Å². The fourth-order valence-corrected chi connectivity index (χ4v) is 1.20. The van der Waals surface area contributed by atoms with E-state index < -0.39 is 12.9 Å². The normalized spacial score (nSPS) is 9.92. The number of halogens is 2. The molecule has 0 amide bonds. The Morgan fingerprint density at radius 3 is 2.54 bits per heavy atom. The molecule has 1 aromatic carbocycles. The van der Waals surface area contributed by atoms with Gasteiger partial charge in [-0.1, -0.05) is 11.6 Å². The Morgan fingerprint density at radius 2 is 2.08 bits per heavy atom. The number of ether oxygens (including phenoxy) is 1. The van der Waals surface area contributed by atoms with Crippen LogP contribution in [-0.2, 0) is 0 Å². The first-order chi connectivity index (χ1) is 6.06. The summed E-state index contributed by atoms with van der Waals surface area (Å²) in [5.41, 5.74) is -0.112. The summed E-state index contributed by atoms with van der Waals surface area (Å²) < 4.78 is 17.5. The van der Waals surface area contributed by atoms with Crippen molar-refractivity contribution in [2.45, 2.75) is 0 Å². The van der Waals surface area contributed by atoms with E-state index in [4.69, 9.17) is 26.4 Å².